The second-order valence-electron chi connectivity index (χ2n) is 7.11. The van der Waals surface area contributed by atoms with Crippen LogP contribution in [0.2, 0.25) is 0 Å². The number of hydrogen-bond donors (Lipinski definition) is 2. The van der Waals surface area contributed by atoms with Gasteiger partial charge in [0.1, 0.15) is 11.6 Å². The predicted octanol–water partition coefficient (Wildman–Crippen LogP) is 2.75. The summed E-state index contributed by atoms with van der Waals surface area (Å²) in [5.41, 5.74) is 0.293. The Morgan fingerprint density at radius 2 is 2.04 bits per heavy atom. The van der Waals surface area contributed by atoms with Crippen LogP contribution in [0.25, 0.3) is 0 Å². The highest BCUT2D eigenvalue weighted by atomic mass is 127. The highest BCUT2D eigenvalue weighted by Crippen LogP contribution is 2.17. The van der Waals surface area contributed by atoms with Crippen LogP contribution in [0, 0.1) is 17.6 Å². The van der Waals surface area contributed by atoms with Gasteiger partial charge in [0.15, 0.2) is 5.96 Å². The van der Waals surface area contributed by atoms with Gasteiger partial charge < -0.3 is 20.3 Å². The van der Waals surface area contributed by atoms with Crippen molar-refractivity contribution in [3.63, 3.8) is 0 Å². The van der Waals surface area contributed by atoms with E-state index in [1.54, 1.807) is 7.05 Å². The first-order valence-electron chi connectivity index (χ1n) is 9.35. The lowest BCUT2D eigenvalue weighted by atomic mass is 10.0. The predicted molar refractivity (Wildman–Crippen MR) is 113 cm³/mol. The van der Waals surface area contributed by atoms with Crippen LogP contribution >= 0.6 is 24.0 Å². The standard InChI is InChI=1S/C19H28F2N4O.HI/c1-22-19(23-11-15-10-16(20)2-3-18(15)21)24-17-4-7-25(8-5-17)12-14-6-9-26-13-14;/h2-3,10,14,17H,4-9,11-13H2,1H3,(H2,22,23,24);1H. The molecule has 2 fully saturated rings. The van der Waals surface area contributed by atoms with Crippen LogP contribution in [0.3, 0.4) is 0 Å². The van der Waals surface area contributed by atoms with Gasteiger partial charge in [-0.1, -0.05) is 0 Å². The monoisotopic (exact) mass is 494 g/mol. The number of nitrogens with zero attached hydrogens (tertiary/aromatic N) is 2. The Balaban J connectivity index is 0.00000261. The SMILES string of the molecule is CN=C(NCc1cc(F)ccc1F)NC1CCN(CC2CCOC2)CC1.I. The number of aliphatic imine (C=N–C) groups is 1. The van der Waals surface area contributed by atoms with Crippen molar-refractivity contribution in [1.29, 1.82) is 0 Å². The van der Waals surface area contributed by atoms with E-state index in [1.165, 1.54) is 12.5 Å². The van der Waals surface area contributed by atoms with E-state index in [0.717, 1.165) is 57.8 Å². The van der Waals surface area contributed by atoms with Gasteiger partial charge >= 0.3 is 0 Å². The van der Waals surface area contributed by atoms with Gasteiger partial charge in [-0.25, -0.2) is 8.78 Å². The minimum absolute atomic E-state index is 0. The third-order valence-electron chi connectivity index (χ3n) is 5.15. The summed E-state index contributed by atoms with van der Waals surface area (Å²) in [5.74, 6) is 0.441. The first kappa shape index (κ1) is 22.3. The molecule has 0 aliphatic carbocycles. The van der Waals surface area contributed by atoms with Crippen molar-refractivity contribution in [3.05, 3.63) is 35.4 Å². The highest BCUT2D eigenvalue weighted by Gasteiger charge is 2.24. The molecule has 2 aliphatic rings. The third kappa shape index (κ3) is 6.83. The van der Waals surface area contributed by atoms with Crippen LogP contribution in [0.1, 0.15) is 24.8 Å². The van der Waals surface area contributed by atoms with Crippen molar-refractivity contribution in [2.75, 3.05) is 39.9 Å². The molecule has 0 radical (unpaired) electrons. The molecule has 2 heterocycles. The highest BCUT2D eigenvalue weighted by molar-refractivity contribution is 14.0. The van der Waals surface area contributed by atoms with Gasteiger partial charge in [-0.2, -0.15) is 0 Å². The van der Waals surface area contributed by atoms with Gasteiger partial charge in [-0.05, 0) is 43.4 Å². The van der Waals surface area contributed by atoms with Crippen LogP contribution in [0.5, 0.6) is 0 Å². The van der Waals surface area contributed by atoms with Crippen molar-refractivity contribution in [2.24, 2.45) is 10.9 Å². The maximum atomic E-state index is 13.7. The minimum atomic E-state index is -0.439. The van der Waals surface area contributed by atoms with E-state index in [1.807, 2.05) is 0 Å². The number of likely N-dealkylation sites (tertiary alicyclic amines) is 1. The Bertz CT molecular complexity index is 618. The summed E-state index contributed by atoms with van der Waals surface area (Å²) < 4.78 is 32.4. The Morgan fingerprint density at radius 1 is 1.26 bits per heavy atom. The van der Waals surface area contributed by atoms with Crippen LogP contribution in [0.4, 0.5) is 8.78 Å². The number of halogens is 3. The molecule has 0 aromatic heterocycles. The normalized spacial score (nSPS) is 21.7. The van der Waals surface area contributed by atoms with Crippen LogP contribution in [-0.2, 0) is 11.3 Å². The molecule has 0 spiro atoms. The summed E-state index contributed by atoms with van der Waals surface area (Å²) >= 11 is 0. The lowest BCUT2D eigenvalue weighted by Gasteiger charge is -2.34. The first-order valence-corrected chi connectivity index (χ1v) is 9.35. The molecule has 0 saturated carbocycles. The minimum Gasteiger partial charge on any atom is -0.381 e. The van der Waals surface area contributed by atoms with Crippen molar-refractivity contribution < 1.29 is 13.5 Å². The Hall–Kier alpha value is -1.00. The van der Waals surface area contributed by atoms with Gasteiger partial charge in [0, 0.05) is 51.4 Å². The number of benzene rings is 1. The molecule has 152 valence electrons. The number of guanidine groups is 1. The van der Waals surface area contributed by atoms with E-state index in [4.69, 9.17) is 4.74 Å². The van der Waals surface area contributed by atoms with Crippen molar-refractivity contribution in [3.8, 4) is 0 Å². The summed E-state index contributed by atoms with van der Waals surface area (Å²) in [6.07, 6.45) is 3.26. The largest absolute Gasteiger partial charge is 0.381 e. The fourth-order valence-electron chi connectivity index (χ4n) is 3.60. The average molecular weight is 494 g/mol. The van der Waals surface area contributed by atoms with Crippen molar-refractivity contribution in [2.45, 2.75) is 31.8 Å². The summed E-state index contributed by atoms with van der Waals surface area (Å²) in [7, 11) is 1.69. The fraction of sp³-hybridized carbons (Fsp3) is 0.632. The van der Waals surface area contributed by atoms with Crippen molar-refractivity contribution in [1.82, 2.24) is 15.5 Å². The zero-order chi connectivity index (χ0) is 18.4. The van der Waals surface area contributed by atoms with Crippen molar-refractivity contribution >= 4 is 29.9 Å². The van der Waals surface area contributed by atoms with Gasteiger partial charge in [0.2, 0.25) is 0 Å². The summed E-state index contributed by atoms with van der Waals surface area (Å²) in [4.78, 5) is 6.71. The fourth-order valence-corrected chi connectivity index (χ4v) is 3.60. The Labute approximate surface area is 177 Å². The zero-order valence-corrected chi connectivity index (χ0v) is 18.0. The molecule has 1 atom stereocenters. The topological polar surface area (TPSA) is 48.9 Å². The molecule has 8 heteroatoms. The molecule has 1 unspecified atom stereocenters. The number of piperidine rings is 1. The van der Waals surface area contributed by atoms with Crippen LogP contribution in [0.15, 0.2) is 23.2 Å². The smallest absolute Gasteiger partial charge is 0.191 e. The third-order valence-corrected chi connectivity index (χ3v) is 5.15. The lowest BCUT2D eigenvalue weighted by molar-refractivity contribution is 0.150. The Morgan fingerprint density at radius 3 is 2.70 bits per heavy atom. The summed E-state index contributed by atoms with van der Waals surface area (Å²) in [6.45, 7) is 5.23. The van der Waals surface area contributed by atoms with E-state index in [-0.39, 0.29) is 30.5 Å². The van der Waals surface area contributed by atoms with E-state index >= 15 is 0 Å². The van der Waals surface area contributed by atoms with Crippen LogP contribution < -0.4 is 10.6 Å². The molecule has 1 aromatic rings. The molecule has 2 N–H and O–H groups in total. The van der Waals surface area contributed by atoms with Crippen LogP contribution in [-0.4, -0.2) is 56.8 Å². The van der Waals surface area contributed by atoms with Gasteiger partial charge in [-0.15, -0.1) is 24.0 Å². The Kier molecular flexibility index (Phi) is 9.17. The number of ether oxygens (including phenoxy) is 1. The maximum absolute atomic E-state index is 13.7. The number of hydrogen-bond acceptors (Lipinski definition) is 3. The summed E-state index contributed by atoms with van der Waals surface area (Å²) in [5, 5.41) is 6.47. The number of nitrogens with one attached hydrogen (secondary N) is 2. The average Bonchev–Trinajstić information content (AvgIpc) is 3.15. The number of rotatable bonds is 5. The molecule has 27 heavy (non-hydrogen) atoms. The van der Waals surface area contributed by atoms with Gasteiger partial charge in [0.05, 0.1) is 6.61 Å². The molecule has 5 nitrogen and oxygen atoms in total. The molecule has 1 aromatic carbocycles. The molecule has 0 amide bonds. The zero-order valence-electron chi connectivity index (χ0n) is 15.7. The summed E-state index contributed by atoms with van der Waals surface area (Å²) in [6, 6.07) is 3.82. The van der Waals surface area contributed by atoms with E-state index in [9.17, 15) is 8.78 Å². The molecule has 0 bridgehead atoms. The molecular weight excluding hydrogens is 465 g/mol. The molecular formula is C19H29F2IN4O. The molecule has 2 saturated heterocycles. The van der Waals surface area contributed by atoms with E-state index in [2.05, 4.69) is 20.5 Å². The second-order valence-corrected chi connectivity index (χ2v) is 7.11. The molecule has 3 rings (SSSR count). The quantitative estimate of drug-likeness (QED) is 0.376. The maximum Gasteiger partial charge on any atom is 0.191 e. The van der Waals surface area contributed by atoms with Gasteiger partial charge in [-0.3, -0.25) is 4.99 Å². The molecule has 2 aliphatic heterocycles. The lowest BCUT2D eigenvalue weighted by Crippen LogP contribution is -2.49. The van der Waals surface area contributed by atoms with Gasteiger partial charge in [0.25, 0.3) is 0 Å². The first-order chi connectivity index (χ1) is 12.6. The second kappa shape index (κ2) is 11.1. The van der Waals surface area contributed by atoms with E-state index < -0.39 is 11.6 Å². The van der Waals surface area contributed by atoms with E-state index in [0.29, 0.717) is 23.5 Å².